The van der Waals surface area contributed by atoms with Crippen molar-refractivity contribution in [2.75, 3.05) is 12.3 Å². The lowest BCUT2D eigenvalue weighted by molar-refractivity contribution is 0.493. The molecule has 6 heteroatoms. The molecular weight excluding hydrogens is 222 g/mol. The zero-order valence-electron chi connectivity index (χ0n) is 9.90. The van der Waals surface area contributed by atoms with E-state index < -0.39 is 5.54 Å². The van der Waals surface area contributed by atoms with E-state index in [1.807, 2.05) is 14.0 Å². The van der Waals surface area contributed by atoms with Crippen molar-refractivity contribution in [3.8, 4) is 6.07 Å². The summed E-state index contributed by atoms with van der Waals surface area (Å²) in [5.74, 6) is 0.663. The van der Waals surface area contributed by atoms with Crippen LogP contribution in [0.15, 0.2) is 11.5 Å². The fourth-order valence-electron chi connectivity index (χ4n) is 1.15. The molecule has 0 radical (unpaired) electrons. The second kappa shape index (κ2) is 5.87. The molecule has 1 aromatic heterocycles. The Hall–Kier alpha value is -1.06. The molecule has 1 atom stereocenters. The Bertz CT molecular complexity index is 370. The molecule has 5 nitrogen and oxygen atoms in total. The van der Waals surface area contributed by atoms with E-state index in [2.05, 4.69) is 28.4 Å². The van der Waals surface area contributed by atoms with Gasteiger partial charge in [0.15, 0.2) is 5.16 Å². The summed E-state index contributed by atoms with van der Waals surface area (Å²) < 4.78 is 1.71. The van der Waals surface area contributed by atoms with Gasteiger partial charge in [0.1, 0.15) is 11.9 Å². The molecule has 16 heavy (non-hydrogen) atoms. The van der Waals surface area contributed by atoms with E-state index in [0.717, 1.165) is 18.1 Å². The molecule has 88 valence electrons. The van der Waals surface area contributed by atoms with Crippen LogP contribution in [-0.4, -0.2) is 32.6 Å². The molecule has 1 heterocycles. The van der Waals surface area contributed by atoms with E-state index in [0.29, 0.717) is 5.75 Å². The molecule has 0 saturated carbocycles. The zero-order valence-corrected chi connectivity index (χ0v) is 10.7. The summed E-state index contributed by atoms with van der Waals surface area (Å²) in [6, 6.07) is 2.31. The molecule has 0 aromatic carbocycles. The molecular formula is C10H17N5S. The Morgan fingerprint density at radius 2 is 2.44 bits per heavy atom. The number of nitriles is 1. The van der Waals surface area contributed by atoms with Crippen molar-refractivity contribution in [3.05, 3.63) is 6.33 Å². The van der Waals surface area contributed by atoms with Gasteiger partial charge < -0.3 is 0 Å². The highest BCUT2D eigenvalue weighted by Gasteiger charge is 2.23. The summed E-state index contributed by atoms with van der Waals surface area (Å²) in [6.07, 6.45) is 2.54. The van der Waals surface area contributed by atoms with Crippen LogP contribution in [-0.2, 0) is 7.05 Å². The SMILES string of the molecule is CCCNC(C)(C#N)CSc1ncnn1C. The van der Waals surface area contributed by atoms with Crippen molar-refractivity contribution >= 4 is 11.8 Å². The average molecular weight is 239 g/mol. The van der Waals surface area contributed by atoms with Crippen LogP contribution < -0.4 is 5.32 Å². The highest BCUT2D eigenvalue weighted by molar-refractivity contribution is 7.99. The fourth-order valence-corrected chi connectivity index (χ4v) is 2.09. The van der Waals surface area contributed by atoms with E-state index in [9.17, 15) is 0 Å². The van der Waals surface area contributed by atoms with E-state index in [4.69, 9.17) is 5.26 Å². The second-order valence-electron chi connectivity index (χ2n) is 3.83. The highest BCUT2D eigenvalue weighted by Crippen LogP contribution is 2.19. The van der Waals surface area contributed by atoms with Gasteiger partial charge in [0.25, 0.3) is 0 Å². The van der Waals surface area contributed by atoms with Gasteiger partial charge >= 0.3 is 0 Å². The van der Waals surface area contributed by atoms with Gasteiger partial charge in [0.2, 0.25) is 0 Å². The lowest BCUT2D eigenvalue weighted by atomic mass is 10.1. The van der Waals surface area contributed by atoms with Crippen molar-refractivity contribution < 1.29 is 0 Å². The Balaban J connectivity index is 2.52. The largest absolute Gasteiger partial charge is 0.299 e. The molecule has 0 amide bonds. The monoisotopic (exact) mass is 239 g/mol. The van der Waals surface area contributed by atoms with Gasteiger partial charge in [-0.3, -0.25) is 5.32 Å². The van der Waals surface area contributed by atoms with Gasteiger partial charge in [-0.1, -0.05) is 18.7 Å². The highest BCUT2D eigenvalue weighted by atomic mass is 32.2. The van der Waals surface area contributed by atoms with Gasteiger partial charge in [0.05, 0.1) is 6.07 Å². The minimum Gasteiger partial charge on any atom is -0.299 e. The topological polar surface area (TPSA) is 66.5 Å². The number of rotatable bonds is 6. The van der Waals surface area contributed by atoms with E-state index >= 15 is 0 Å². The number of aromatic nitrogens is 3. The van der Waals surface area contributed by atoms with E-state index in [1.54, 1.807) is 16.4 Å². The van der Waals surface area contributed by atoms with Crippen molar-refractivity contribution in [1.82, 2.24) is 20.1 Å². The molecule has 0 aliphatic carbocycles. The molecule has 0 fully saturated rings. The molecule has 1 rings (SSSR count). The molecule has 1 unspecified atom stereocenters. The summed E-state index contributed by atoms with van der Waals surface area (Å²) in [6.45, 7) is 4.84. The Labute approximate surface area is 100 Å². The first-order valence-electron chi connectivity index (χ1n) is 5.24. The summed E-state index contributed by atoms with van der Waals surface area (Å²) >= 11 is 1.54. The van der Waals surface area contributed by atoms with Gasteiger partial charge in [-0.2, -0.15) is 10.4 Å². The van der Waals surface area contributed by atoms with Crippen LogP contribution in [0.25, 0.3) is 0 Å². The van der Waals surface area contributed by atoms with Crippen molar-refractivity contribution in [3.63, 3.8) is 0 Å². The van der Waals surface area contributed by atoms with Crippen molar-refractivity contribution in [2.24, 2.45) is 7.05 Å². The summed E-state index contributed by atoms with van der Waals surface area (Å²) in [5.41, 5.74) is -0.507. The van der Waals surface area contributed by atoms with Gasteiger partial charge in [-0.25, -0.2) is 9.67 Å². The predicted molar refractivity (Wildman–Crippen MR) is 64.0 cm³/mol. The lowest BCUT2D eigenvalue weighted by Gasteiger charge is -2.22. The molecule has 0 spiro atoms. The maximum absolute atomic E-state index is 9.14. The van der Waals surface area contributed by atoms with Crippen molar-refractivity contribution in [2.45, 2.75) is 31.0 Å². The number of hydrogen-bond donors (Lipinski definition) is 1. The minimum atomic E-state index is -0.507. The van der Waals surface area contributed by atoms with Crippen LogP contribution in [0.2, 0.25) is 0 Å². The quantitative estimate of drug-likeness (QED) is 0.755. The molecule has 1 N–H and O–H groups in total. The smallest absolute Gasteiger partial charge is 0.185 e. The van der Waals surface area contributed by atoms with Gasteiger partial charge in [-0.15, -0.1) is 0 Å². The number of hydrogen-bond acceptors (Lipinski definition) is 5. The standard InChI is InChI=1S/C10H17N5S/c1-4-5-13-10(2,6-11)7-16-9-12-8-14-15(9)3/h8,13H,4-5,7H2,1-3H3. The molecule has 0 bridgehead atoms. The van der Waals surface area contributed by atoms with E-state index in [1.165, 1.54) is 6.33 Å². The molecule has 0 saturated heterocycles. The van der Waals surface area contributed by atoms with Crippen LogP contribution in [0, 0.1) is 11.3 Å². The maximum Gasteiger partial charge on any atom is 0.185 e. The van der Waals surface area contributed by atoms with Crippen LogP contribution in [0.5, 0.6) is 0 Å². The van der Waals surface area contributed by atoms with Crippen LogP contribution in [0.3, 0.4) is 0 Å². The first kappa shape index (κ1) is 13.0. The fraction of sp³-hybridized carbons (Fsp3) is 0.700. The first-order valence-corrected chi connectivity index (χ1v) is 6.23. The number of nitrogens with zero attached hydrogens (tertiary/aromatic N) is 4. The predicted octanol–water partition coefficient (Wildman–Crippen LogP) is 1.19. The van der Waals surface area contributed by atoms with Crippen LogP contribution >= 0.6 is 11.8 Å². The van der Waals surface area contributed by atoms with Crippen molar-refractivity contribution in [1.29, 1.82) is 5.26 Å². The third kappa shape index (κ3) is 3.51. The third-order valence-electron chi connectivity index (χ3n) is 2.17. The average Bonchev–Trinajstić information content (AvgIpc) is 2.70. The lowest BCUT2D eigenvalue weighted by Crippen LogP contribution is -2.43. The molecule has 0 aliphatic rings. The minimum absolute atomic E-state index is 0.507. The zero-order chi connectivity index (χ0) is 12.0. The molecule has 0 aliphatic heterocycles. The van der Waals surface area contributed by atoms with Crippen LogP contribution in [0.4, 0.5) is 0 Å². The summed E-state index contributed by atoms with van der Waals surface area (Å²) in [4.78, 5) is 4.11. The Kier molecular flexibility index (Phi) is 4.77. The van der Waals surface area contributed by atoms with Gasteiger partial charge in [-0.05, 0) is 19.9 Å². The Morgan fingerprint density at radius 3 is 2.94 bits per heavy atom. The number of thioether (sulfide) groups is 1. The third-order valence-corrected chi connectivity index (χ3v) is 3.52. The molecule has 1 aromatic rings. The van der Waals surface area contributed by atoms with Crippen LogP contribution in [0.1, 0.15) is 20.3 Å². The summed E-state index contributed by atoms with van der Waals surface area (Å²) in [5, 5.41) is 17.2. The number of aryl methyl sites for hydroxylation is 1. The van der Waals surface area contributed by atoms with E-state index in [-0.39, 0.29) is 0 Å². The van der Waals surface area contributed by atoms with Gasteiger partial charge in [0, 0.05) is 12.8 Å². The number of nitrogens with one attached hydrogen (secondary N) is 1. The first-order chi connectivity index (χ1) is 7.61. The Morgan fingerprint density at radius 1 is 1.69 bits per heavy atom. The normalized spacial score (nSPS) is 14.4. The second-order valence-corrected chi connectivity index (χ2v) is 4.77. The maximum atomic E-state index is 9.14. The summed E-state index contributed by atoms with van der Waals surface area (Å²) in [7, 11) is 1.85.